The molecular formula is C18H21NO. The second-order valence-electron chi connectivity index (χ2n) is 5.96. The van der Waals surface area contributed by atoms with Gasteiger partial charge in [0.05, 0.1) is 5.60 Å². The molecule has 1 aromatic heterocycles. The van der Waals surface area contributed by atoms with Crippen molar-refractivity contribution in [3.8, 4) is 0 Å². The minimum atomic E-state index is -0.860. The first kappa shape index (κ1) is 13.3. The molecule has 0 bridgehead atoms. The van der Waals surface area contributed by atoms with Crippen LogP contribution < -0.4 is 0 Å². The Morgan fingerprint density at radius 3 is 2.65 bits per heavy atom. The summed E-state index contributed by atoms with van der Waals surface area (Å²) in [5, 5.41) is 10.8. The van der Waals surface area contributed by atoms with Crippen LogP contribution in [0.15, 0.2) is 42.6 Å². The Labute approximate surface area is 120 Å². The topological polar surface area (TPSA) is 33.1 Å². The molecule has 2 aromatic rings. The third-order valence-electron chi connectivity index (χ3n) is 4.22. The molecule has 1 atom stereocenters. The lowest BCUT2D eigenvalue weighted by molar-refractivity contribution is 0.0565. The van der Waals surface area contributed by atoms with E-state index in [1.807, 2.05) is 25.1 Å². The second-order valence-corrected chi connectivity index (χ2v) is 5.96. The fraction of sp³-hybridized carbons (Fsp3) is 0.389. The van der Waals surface area contributed by atoms with Gasteiger partial charge in [-0.1, -0.05) is 24.3 Å². The number of pyridine rings is 1. The molecule has 3 rings (SSSR count). The van der Waals surface area contributed by atoms with E-state index < -0.39 is 5.60 Å². The summed E-state index contributed by atoms with van der Waals surface area (Å²) in [6.07, 6.45) is 7.20. The van der Waals surface area contributed by atoms with Crippen LogP contribution in [-0.2, 0) is 24.9 Å². The lowest BCUT2D eigenvalue weighted by Crippen LogP contribution is -2.25. The molecule has 0 aliphatic heterocycles. The molecular weight excluding hydrogens is 246 g/mol. The summed E-state index contributed by atoms with van der Waals surface area (Å²) >= 11 is 0. The summed E-state index contributed by atoms with van der Waals surface area (Å²) in [6.45, 7) is 1.88. The summed E-state index contributed by atoms with van der Waals surface area (Å²) in [5.41, 5.74) is 3.93. The number of benzene rings is 1. The van der Waals surface area contributed by atoms with Crippen LogP contribution in [0.2, 0.25) is 0 Å². The average Bonchev–Trinajstić information content (AvgIpc) is 2.47. The molecule has 1 unspecified atom stereocenters. The van der Waals surface area contributed by atoms with Crippen LogP contribution in [0.1, 0.15) is 42.1 Å². The maximum absolute atomic E-state index is 10.8. The molecule has 0 radical (unpaired) electrons. The van der Waals surface area contributed by atoms with Gasteiger partial charge in [-0.25, -0.2) is 0 Å². The lowest BCUT2D eigenvalue weighted by Gasteiger charge is -2.26. The van der Waals surface area contributed by atoms with Crippen molar-refractivity contribution in [2.45, 2.75) is 44.6 Å². The van der Waals surface area contributed by atoms with Crippen LogP contribution in [0, 0.1) is 0 Å². The number of hydrogen-bond donors (Lipinski definition) is 1. The Kier molecular flexibility index (Phi) is 3.58. The minimum absolute atomic E-state index is 0.548. The first-order valence-corrected chi connectivity index (χ1v) is 7.40. The third-order valence-corrected chi connectivity index (χ3v) is 4.22. The van der Waals surface area contributed by atoms with Crippen molar-refractivity contribution in [2.75, 3.05) is 0 Å². The van der Waals surface area contributed by atoms with Gasteiger partial charge in [-0.3, -0.25) is 4.98 Å². The third kappa shape index (κ3) is 2.75. The van der Waals surface area contributed by atoms with E-state index in [0.717, 1.165) is 17.7 Å². The smallest absolute Gasteiger partial charge is 0.0923 e. The minimum Gasteiger partial charge on any atom is -0.385 e. The van der Waals surface area contributed by atoms with Gasteiger partial charge in [-0.2, -0.15) is 0 Å². The lowest BCUT2D eigenvalue weighted by atomic mass is 9.84. The number of fused-ring (bicyclic) bond motifs is 1. The van der Waals surface area contributed by atoms with E-state index in [2.05, 4.69) is 23.2 Å². The van der Waals surface area contributed by atoms with Gasteiger partial charge >= 0.3 is 0 Å². The molecule has 2 nitrogen and oxygen atoms in total. The largest absolute Gasteiger partial charge is 0.385 e. The number of aliphatic hydroxyl groups is 1. The Bertz CT molecular complexity index is 590. The van der Waals surface area contributed by atoms with Crippen molar-refractivity contribution in [1.29, 1.82) is 0 Å². The highest BCUT2D eigenvalue weighted by atomic mass is 16.3. The molecule has 0 amide bonds. The molecule has 0 saturated heterocycles. The maximum Gasteiger partial charge on any atom is 0.0923 e. The molecule has 1 N–H and O–H groups in total. The van der Waals surface area contributed by atoms with Crippen molar-refractivity contribution >= 4 is 0 Å². The zero-order valence-electron chi connectivity index (χ0n) is 12.0. The zero-order valence-corrected chi connectivity index (χ0v) is 12.0. The van der Waals surface area contributed by atoms with Gasteiger partial charge < -0.3 is 5.11 Å². The van der Waals surface area contributed by atoms with Gasteiger partial charge in [0.25, 0.3) is 0 Å². The Hall–Kier alpha value is -1.67. The van der Waals surface area contributed by atoms with E-state index in [1.54, 1.807) is 6.20 Å². The van der Waals surface area contributed by atoms with Gasteiger partial charge in [0, 0.05) is 18.3 Å². The van der Waals surface area contributed by atoms with Crippen molar-refractivity contribution in [3.05, 3.63) is 65.0 Å². The molecule has 104 valence electrons. The van der Waals surface area contributed by atoms with Crippen LogP contribution in [0.25, 0.3) is 0 Å². The number of nitrogens with zero attached hydrogens (tertiary/aromatic N) is 1. The predicted octanol–water partition coefficient (Wildman–Crippen LogP) is 3.41. The molecule has 0 spiro atoms. The summed E-state index contributed by atoms with van der Waals surface area (Å²) in [6, 6.07) is 12.3. The fourth-order valence-electron chi connectivity index (χ4n) is 3.03. The zero-order chi connectivity index (χ0) is 14.0. The quantitative estimate of drug-likeness (QED) is 0.924. The van der Waals surface area contributed by atoms with Gasteiger partial charge in [0.15, 0.2) is 0 Å². The number of aromatic nitrogens is 1. The number of aryl methyl sites for hydroxylation is 2. The molecule has 1 aliphatic carbocycles. The highest BCUT2D eigenvalue weighted by Crippen LogP contribution is 2.29. The van der Waals surface area contributed by atoms with E-state index in [4.69, 9.17) is 0 Å². The highest BCUT2D eigenvalue weighted by molar-refractivity contribution is 5.36. The first-order chi connectivity index (χ1) is 9.65. The Balaban J connectivity index is 1.87. The molecule has 1 heterocycles. The maximum atomic E-state index is 10.8. The van der Waals surface area contributed by atoms with E-state index in [9.17, 15) is 5.11 Å². The van der Waals surface area contributed by atoms with Gasteiger partial charge in [0.2, 0.25) is 0 Å². The van der Waals surface area contributed by atoms with Gasteiger partial charge in [-0.15, -0.1) is 0 Å². The van der Waals surface area contributed by atoms with Crippen molar-refractivity contribution < 1.29 is 5.11 Å². The number of rotatable bonds is 3. The summed E-state index contributed by atoms with van der Waals surface area (Å²) < 4.78 is 0. The molecule has 1 aliphatic rings. The normalized spacial score (nSPS) is 17.3. The standard InChI is InChI=1S/C18H21NO/c1-18(20,13-17-8-4-5-11-19-17)16-10-9-14-6-2-3-7-15(14)12-16/h4-5,8-12,20H,2-3,6-7,13H2,1H3. The second kappa shape index (κ2) is 5.37. The molecule has 0 fully saturated rings. The van der Waals surface area contributed by atoms with Crippen LogP contribution in [0.4, 0.5) is 0 Å². The summed E-state index contributed by atoms with van der Waals surface area (Å²) in [5.74, 6) is 0. The summed E-state index contributed by atoms with van der Waals surface area (Å²) in [4.78, 5) is 4.32. The van der Waals surface area contributed by atoms with Gasteiger partial charge in [-0.05, 0) is 61.4 Å². The monoisotopic (exact) mass is 267 g/mol. The van der Waals surface area contributed by atoms with Crippen LogP contribution >= 0.6 is 0 Å². The van der Waals surface area contributed by atoms with E-state index in [-0.39, 0.29) is 0 Å². The van der Waals surface area contributed by atoms with Crippen molar-refractivity contribution in [3.63, 3.8) is 0 Å². The van der Waals surface area contributed by atoms with E-state index >= 15 is 0 Å². The Morgan fingerprint density at radius 2 is 1.90 bits per heavy atom. The summed E-state index contributed by atoms with van der Waals surface area (Å²) in [7, 11) is 0. The van der Waals surface area contributed by atoms with Crippen molar-refractivity contribution in [1.82, 2.24) is 4.98 Å². The fourth-order valence-corrected chi connectivity index (χ4v) is 3.03. The van der Waals surface area contributed by atoms with Crippen molar-refractivity contribution in [2.24, 2.45) is 0 Å². The van der Waals surface area contributed by atoms with Gasteiger partial charge in [0.1, 0.15) is 0 Å². The predicted molar refractivity (Wildman–Crippen MR) is 80.6 cm³/mol. The highest BCUT2D eigenvalue weighted by Gasteiger charge is 2.25. The van der Waals surface area contributed by atoms with E-state index in [1.165, 1.54) is 30.4 Å². The molecule has 0 saturated carbocycles. The average molecular weight is 267 g/mol. The number of hydrogen-bond acceptors (Lipinski definition) is 2. The first-order valence-electron chi connectivity index (χ1n) is 7.40. The molecule has 1 aromatic carbocycles. The SMILES string of the molecule is CC(O)(Cc1ccccn1)c1ccc2c(c1)CCCC2. The molecule has 2 heteroatoms. The Morgan fingerprint density at radius 1 is 1.10 bits per heavy atom. The van der Waals surface area contributed by atoms with Crippen LogP contribution in [0.5, 0.6) is 0 Å². The van der Waals surface area contributed by atoms with Crippen LogP contribution in [-0.4, -0.2) is 10.1 Å². The van der Waals surface area contributed by atoms with Crippen LogP contribution in [0.3, 0.4) is 0 Å². The van der Waals surface area contributed by atoms with E-state index in [0.29, 0.717) is 6.42 Å². The molecule has 20 heavy (non-hydrogen) atoms.